The van der Waals surface area contributed by atoms with Crippen LogP contribution in [0, 0.1) is 0 Å². The molecule has 1 aromatic carbocycles. The van der Waals surface area contributed by atoms with Gasteiger partial charge < -0.3 is 0 Å². The molecule has 0 aliphatic carbocycles. The largest absolute Gasteiger partial charge is 0.268 e. The first-order valence-corrected chi connectivity index (χ1v) is 4.76. The van der Waals surface area contributed by atoms with Crippen molar-refractivity contribution in [1.82, 2.24) is 4.72 Å². The van der Waals surface area contributed by atoms with Gasteiger partial charge in [0.2, 0.25) is 0 Å². The highest BCUT2D eigenvalue weighted by molar-refractivity contribution is 7.90. The smallest absolute Gasteiger partial charge is 0.266 e. The van der Waals surface area contributed by atoms with E-state index < -0.39 is 15.9 Å². The van der Waals surface area contributed by atoms with E-state index in [0.717, 1.165) is 0 Å². The van der Waals surface area contributed by atoms with E-state index in [1.807, 2.05) is 4.72 Å². The Labute approximate surface area is 80.0 Å². The number of hydrogen-bond donors (Lipinski definition) is 1. The summed E-state index contributed by atoms with van der Waals surface area (Å²) in [4.78, 5) is 11.1. The zero-order valence-electron chi connectivity index (χ0n) is 6.44. The summed E-state index contributed by atoms with van der Waals surface area (Å²) in [7, 11) is -3.55. The van der Waals surface area contributed by atoms with Crippen LogP contribution in [0.2, 0.25) is 0 Å². The SMILES string of the molecule is O=C1NS(=O)(=O)c2ccccc21.[Si]. The lowest BCUT2D eigenvalue weighted by atomic mass is 10.2. The van der Waals surface area contributed by atoms with Gasteiger partial charge in [0.1, 0.15) is 4.90 Å². The Bertz CT molecular complexity index is 455. The number of nitrogens with one attached hydrogen (secondary N) is 1. The number of amides is 1. The molecule has 1 heterocycles. The van der Waals surface area contributed by atoms with Gasteiger partial charge in [0.05, 0.1) is 5.56 Å². The lowest BCUT2D eigenvalue weighted by Gasteiger charge is -1.91. The summed E-state index contributed by atoms with van der Waals surface area (Å²) in [6.45, 7) is 0. The third kappa shape index (κ3) is 1.38. The van der Waals surface area contributed by atoms with Crippen LogP contribution in [0.15, 0.2) is 29.2 Å². The van der Waals surface area contributed by atoms with Crippen molar-refractivity contribution in [3.8, 4) is 0 Å². The van der Waals surface area contributed by atoms with Crippen molar-refractivity contribution in [3.63, 3.8) is 0 Å². The van der Waals surface area contributed by atoms with Gasteiger partial charge in [-0.1, -0.05) is 12.1 Å². The number of sulfonamides is 1. The van der Waals surface area contributed by atoms with Crippen molar-refractivity contribution in [2.75, 3.05) is 0 Å². The van der Waals surface area contributed by atoms with Gasteiger partial charge >= 0.3 is 0 Å². The zero-order valence-corrected chi connectivity index (χ0v) is 8.26. The fourth-order valence-corrected chi connectivity index (χ4v) is 2.29. The first-order valence-electron chi connectivity index (χ1n) is 3.27. The Balaban J connectivity index is 0.000000845. The normalized spacial score (nSPS) is 17.1. The second-order valence-electron chi connectivity index (χ2n) is 2.43. The number of hydrogen-bond acceptors (Lipinski definition) is 3. The molecule has 0 aromatic heterocycles. The number of carbonyl (C=O) groups excluding carboxylic acids is 1. The van der Waals surface area contributed by atoms with Crippen LogP contribution in [0.3, 0.4) is 0 Å². The zero-order chi connectivity index (χ0) is 8.77. The number of carbonyl (C=O) groups is 1. The van der Waals surface area contributed by atoms with E-state index in [9.17, 15) is 13.2 Å². The lowest BCUT2D eigenvalue weighted by molar-refractivity contribution is 0.0985. The van der Waals surface area contributed by atoms with Crippen LogP contribution in [-0.2, 0) is 10.0 Å². The Hall–Kier alpha value is -1.14. The molecule has 0 unspecified atom stereocenters. The molecule has 1 N–H and O–H groups in total. The lowest BCUT2D eigenvalue weighted by Crippen LogP contribution is -2.20. The van der Waals surface area contributed by atoms with Crippen LogP contribution >= 0.6 is 0 Å². The Morgan fingerprint density at radius 2 is 1.77 bits per heavy atom. The summed E-state index contributed by atoms with van der Waals surface area (Å²) >= 11 is 0. The first kappa shape index (κ1) is 9.94. The Morgan fingerprint density at radius 3 is 2.38 bits per heavy atom. The average molecular weight is 211 g/mol. The van der Waals surface area contributed by atoms with Gasteiger partial charge in [-0.05, 0) is 12.1 Å². The van der Waals surface area contributed by atoms with Crippen molar-refractivity contribution in [2.24, 2.45) is 0 Å². The standard InChI is InChI=1S/C7H5NO3S.Si/c9-7-5-3-1-2-4-6(5)12(10,11)8-7;/h1-4H,(H,8,9);. The second kappa shape index (κ2) is 2.97. The van der Waals surface area contributed by atoms with Crippen LogP contribution in [0.1, 0.15) is 10.4 Å². The molecular weight excluding hydrogens is 206 g/mol. The molecule has 1 aliphatic heterocycles. The minimum atomic E-state index is -3.55. The molecular formula is C7H5NO3SSi. The molecule has 1 aliphatic rings. The van der Waals surface area contributed by atoms with Gasteiger partial charge in [-0.25, -0.2) is 13.1 Å². The third-order valence-electron chi connectivity index (χ3n) is 1.65. The van der Waals surface area contributed by atoms with E-state index in [-0.39, 0.29) is 21.4 Å². The van der Waals surface area contributed by atoms with Gasteiger partial charge in [-0.2, -0.15) is 0 Å². The number of fused-ring (bicyclic) bond motifs is 1. The van der Waals surface area contributed by atoms with E-state index >= 15 is 0 Å². The molecule has 0 saturated carbocycles. The van der Waals surface area contributed by atoms with Crippen molar-refractivity contribution >= 4 is 26.9 Å². The van der Waals surface area contributed by atoms with Gasteiger partial charge in [0.25, 0.3) is 15.9 Å². The van der Waals surface area contributed by atoms with Gasteiger partial charge in [0, 0.05) is 11.0 Å². The van der Waals surface area contributed by atoms with Crippen LogP contribution in [-0.4, -0.2) is 25.3 Å². The fraction of sp³-hybridized carbons (Fsp3) is 0. The minimum Gasteiger partial charge on any atom is -0.268 e. The molecule has 4 nitrogen and oxygen atoms in total. The number of benzene rings is 1. The molecule has 13 heavy (non-hydrogen) atoms. The molecule has 0 spiro atoms. The maximum absolute atomic E-state index is 11.1. The Morgan fingerprint density at radius 1 is 1.15 bits per heavy atom. The molecule has 4 radical (unpaired) electrons. The van der Waals surface area contributed by atoms with Crippen molar-refractivity contribution in [1.29, 1.82) is 0 Å². The molecule has 0 fully saturated rings. The van der Waals surface area contributed by atoms with E-state index in [2.05, 4.69) is 0 Å². The maximum Gasteiger partial charge on any atom is 0.266 e. The summed E-state index contributed by atoms with van der Waals surface area (Å²) < 4.78 is 24.2. The summed E-state index contributed by atoms with van der Waals surface area (Å²) in [5, 5.41) is 0. The monoisotopic (exact) mass is 211 g/mol. The molecule has 0 saturated heterocycles. The highest BCUT2D eigenvalue weighted by Crippen LogP contribution is 2.20. The summed E-state index contributed by atoms with van der Waals surface area (Å²) in [6.07, 6.45) is 0. The first-order chi connectivity index (χ1) is 5.61. The fourth-order valence-electron chi connectivity index (χ4n) is 1.12. The summed E-state index contributed by atoms with van der Waals surface area (Å²) in [6, 6.07) is 6.09. The molecule has 1 aromatic rings. The molecule has 0 atom stereocenters. The van der Waals surface area contributed by atoms with Crippen molar-refractivity contribution in [3.05, 3.63) is 29.8 Å². The van der Waals surface area contributed by atoms with Gasteiger partial charge in [-0.3, -0.25) is 4.79 Å². The van der Waals surface area contributed by atoms with Gasteiger partial charge in [0.15, 0.2) is 0 Å². The predicted molar refractivity (Wildman–Crippen MR) is 46.8 cm³/mol. The quantitative estimate of drug-likeness (QED) is 0.601. The highest BCUT2D eigenvalue weighted by Gasteiger charge is 2.31. The minimum absolute atomic E-state index is 0. The predicted octanol–water partition coefficient (Wildman–Crippen LogP) is -0.262. The third-order valence-corrected chi connectivity index (χ3v) is 3.04. The van der Waals surface area contributed by atoms with E-state index in [4.69, 9.17) is 0 Å². The van der Waals surface area contributed by atoms with E-state index in [1.54, 1.807) is 12.1 Å². The second-order valence-corrected chi connectivity index (χ2v) is 4.08. The van der Waals surface area contributed by atoms with E-state index in [1.165, 1.54) is 12.1 Å². The van der Waals surface area contributed by atoms with Crippen molar-refractivity contribution < 1.29 is 13.2 Å². The molecule has 66 valence electrons. The molecule has 2 rings (SSSR count). The average Bonchev–Trinajstić information content (AvgIpc) is 2.25. The molecule has 0 bridgehead atoms. The maximum atomic E-state index is 11.1. The van der Waals surface area contributed by atoms with Crippen LogP contribution in [0.4, 0.5) is 0 Å². The van der Waals surface area contributed by atoms with Crippen molar-refractivity contribution in [2.45, 2.75) is 4.90 Å². The Kier molecular flexibility index (Phi) is 2.27. The van der Waals surface area contributed by atoms with Crippen LogP contribution in [0.25, 0.3) is 0 Å². The van der Waals surface area contributed by atoms with Crippen LogP contribution in [0.5, 0.6) is 0 Å². The van der Waals surface area contributed by atoms with Crippen LogP contribution < -0.4 is 4.72 Å². The topological polar surface area (TPSA) is 63.2 Å². The highest BCUT2D eigenvalue weighted by atomic mass is 32.2. The van der Waals surface area contributed by atoms with Gasteiger partial charge in [-0.15, -0.1) is 0 Å². The van der Waals surface area contributed by atoms with E-state index in [0.29, 0.717) is 0 Å². The number of rotatable bonds is 0. The summed E-state index contributed by atoms with van der Waals surface area (Å²) in [5.74, 6) is -0.550. The molecule has 1 amide bonds. The molecule has 6 heteroatoms. The summed E-state index contributed by atoms with van der Waals surface area (Å²) in [5.41, 5.74) is 0.220.